The Labute approximate surface area is 102 Å². The van der Waals surface area contributed by atoms with Gasteiger partial charge in [-0.3, -0.25) is 0 Å². The summed E-state index contributed by atoms with van der Waals surface area (Å²) in [6, 6.07) is 0. The fourth-order valence-corrected chi connectivity index (χ4v) is 1.75. The minimum Gasteiger partial charge on any atom is -0.461 e. The number of rotatable bonds is 5. The minimum atomic E-state index is -0.414. The van der Waals surface area contributed by atoms with Gasteiger partial charge in [0, 0.05) is 10.8 Å². The van der Waals surface area contributed by atoms with Gasteiger partial charge in [-0.25, -0.2) is 14.8 Å². The van der Waals surface area contributed by atoms with E-state index in [1.165, 1.54) is 23.1 Å². The molecule has 86 valence electrons. The predicted octanol–water partition coefficient (Wildman–Crippen LogP) is 2.33. The molecule has 0 aliphatic carbocycles. The van der Waals surface area contributed by atoms with Crippen molar-refractivity contribution in [3.8, 4) is 0 Å². The van der Waals surface area contributed by atoms with Crippen LogP contribution in [0.25, 0.3) is 0 Å². The maximum absolute atomic E-state index is 11.5. The van der Waals surface area contributed by atoms with Crippen molar-refractivity contribution in [2.24, 2.45) is 4.99 Å². The standard InChI is InChI=1S/C10H12N2O2S2/c1-3-14-10(13)9(6-15-2)11-4-8-5-16-7-12-8/h4-7H,3H2,1-2H3/b9-6-,11-4?. The van der Waals surface area contributed by atoms with Gasteiger partial charge in [0.2, 0.25) is 0 Å². The van der Waals surface area contributed by atoms with Crippen LogP contribution in [-0.2, 0) is 9.53 Å². The molecule has 0 amide bonds. The number of hydrogen-bond donors (Lipinski definition) is 0. The first kappa shape index (κ1) is 12.9. The molecule has 0 saturated carbocycles. The first-order valence-corrected chi connectivity index (χ1v) is 6.83. The largest absolute Gasteiger partial charge is 0.461 e. The Morgan fingerprint density at radius 1 is 1.75 bits per heavy atom. The lowest BCUT2D eigenvalue weighted by molar-refractivity contribution is -0.138. The summed E-state index contributed by atoms with van der Waals surface area (Å²) in [5, 5.41) is 3.51. The van der Waals surface area contributed by atoms with Gasteiger partial charge in [-0.1, -0.05) is 0 Å². The number of carbonyl (C=O) groups excluding carboxylic acids is 1. The molecule has 0 bridgehead atoms. The summed E-state index contributed by atoms with van der Waals surface area (Å²) >= 11 is 2.89. The second-order valence-electron chi connectivity index (χ2n) is 2.63. The average Bonchev–Trinajstić information content (AvgIpc) is 2.77. The molecule has 1 heterocycles. The first-order valence-electron chi connectivity index (χ1n) is 4.60. The van der Waals surface area contributed by atoms with E-state index in [0.29, 0.717) is 12.3 Å². The molecule has 4 nitrogen and oxygen atoms in total. The van der Waals surface area contributed by atoms with E-state index in [0.717, 1.165) is 5.69 Å². The van der Waals surface area contributed by atoms with E-state index in [4.69, 9.17) is 4.74 Å². The molecule has 6 heteroatoms. The molecular weight excluding hydrogens is 244 g/mol. The number of ether oxygens (including phenoxy) is 1. The van der Waals surface area contributed by atoms with Crippen molar-refractivity contribution in [3.05, 3.63) is 27.7 Å². The van der Waals surface area contributed by atoms with Crippen molar-refractivity contribution in [2.45, 2.75) is 6.92 Å². The Kier molecular flexibility index (Phi) is 5.81. The normalized spacial score (nSPS) is 12.0. The molecule has 0 spiro atoms. The molecule has 0 aromatic carbocycles. The lowest BCUT2D eigenvalue weighted by Gasteiger charge is -2.00. The second kappa shape index (κ2) is 7.19. The minimum absolute atomic E-state index is 0.294. The van der Waals surface area contributed by atoms with Crippen molar-refractivity contribution in [3.63, 3.8) is 0 Å². The maximum Gasteiger partial charge on any atom is 0.357 e. The van der Waals surface area contributed by atoms with Crippen LogP contribution in [-0.4, -0.2) is 30.0 Å². The van der Waals surface area contributed by atoms with Crippen molar-refractivity contribution in [2.75, 3.05) is 12.9 Å². The average molecular weight is 256 g/mol. The third kappa shape index (κ3) is 4.16. The topological polar surface area (TPSA) is 51.5 Å². The van der Waals surface area contributed by atoms with Gasteiger partial charge in [-0.15, -0.1) is 23.1 Å². The third-order valence-electron chi connectivity index (χ3n) is 1.50. The molecule has 0 aliphatic rings. The number of thiazole rings is 1. The molecule has 1 aromatic rings. The van der Waals surface area contributed by atoms with Crippen LogP contribution in [0.1, 0.15) is 12.6 Å². The highest BCUT2D eigenvalue weighted by molar-refractivity contribution is 8.01. The van der Waals surface area contributed by atoms with Crippen molar-refractivity contribution < 1.29 is 9.53 Å². The number of aromatic nitrogens is 1. The highest BCUT2D eigenvalue weighted by Crippen LogP contribution is 2.08. The second-order valence-corrected chi connectivity index (χ2v) is 4.06. The molecule has 0 N–H and O–H groups in total. The van der Waals surface area contributed by atoms with Gasteiger partial charge in [-0.2, -0.15) is 0 Å². The van der Waals surface area contributed by atoms with Crippen LogP contribution < -0.4 is 0 Å². The molecule has 0 atom stereocenters. The quantitative estimate of drug-likeness (QED) is 0.461. The monoisotopic (exact) mass is 256 g/mol. The number of hydrogen-bond acceptors (Lipinski definition) is 6. The zero-order valence-corrected chi connectivity index (χ0v) is 10.7. The maximum atomic E-state index is 11.5. The summed E-state index contributed by atoms with van der Waals surface area (Å²) in [6.45, 7) is 2.11. The molecular formula is C10H12N2O2S2. The highest BCUT2D eigenvalue weighted by Gasteiger charge is 2.07. The molecule has 1 aromatic heterocycles. The van der Waals surface area contributed by atoms with E-state index >= 15 is 0 Å². The van der Waals surface area contributed by atoms with Crippen LogP contribution in [0.5, 0.6) is 0 Å². The Hall–Kier alpha value is -1.14. The zero-order valence-electron chi connectivity index (χ0n) is 9.04. The first-order chi connectivity index (χ1) is 7.77. The summed E-state index contributed by atoms with van der Waals surface area (Å²) in [7, 11) is 0. The third-order valence-corrected chi connectivity index (χ3v) is 2.57. The lowest BCUT2D eigenvalue weighted by Crippen LogP contribution is -2.06. The Balaban J connectivity index is 2.72. The van der Waals surface area contributed by atoms with E-state index in [-0.39, 0.29) is 0 Å². The Bertz CT molecular complexity index is 386. The lowest BCUT2D eigenvalue weighted by atomic mass is 10.5. The fraction of sp³-hybridized carbons (Fsp3) is 0.300. The Morgan fingerprint density at radius 3 is 3.12 bits per heavy atom. The number of carbonyl (C=O) groups is 1. The van der Waals surface area contributed by atoms with Crippen LogP contribution in [0, 0.1) is 0 Å². The van der Waals surface area contributed by atoms with Crippen LogP contribution in [0.2, 0.25) is 0 Å². The highest BCUT2D eigenvalue weighted by atomic mass is 32.2. The molecule has 0 radical (unpaired) electrons. The summed E-state index contributed by atoms with van der Waals surface area (Å²) in [6.07, 6.45) is 3.41. The Morgan fingerprint density at radius 2 is 2.56 bits per heavy atom. The summed E-state index contributed by atoms with van der Waals surface area (Å²) in [5.74, 6) is -0.414. The fourth-order valence-electron chi connectivity index (χ4n) is 0.869. The smallest absolute Gasteiger partial charge is 0.357 e. The van der Waals surface area contributed by atoms with Crippen molar-refractivity contribution in [1.82, 2.24) is 4.98 Å². The van der Waals surface area contributed by atoms with E-state index in [1.807, 2.05) is 11.6 Å². The van der Waals surface area contributed by atoms with Crippen LogP contribution in [0.3, 0.4) is 0 Å². The molecule has 0 saturated heterocycles. The van der Waals surface area contributed by atoms with E-state index < -0.39 is 5.97 Å². The number of thioether (sulfide) groups is 1. The molecule has 0 unspecified atom stereocenters. The van der Waals surface area contributed by atoms with Gasteiger partial charge in [-0.05, 0) is 13.2 Å². The molecule has 1 rings (SSSR count). The molecule has 16 heavy (non-hydrogen) atoms. The van der Waals surface area contributed by atoms with Crippen molar-refractivity contribution in [1.29, 1.82) is 0 Å². The van der Waals surface area contributed by atoms with Gasteiger partial charge in [0.05, 0.1) is 24.0 Å². The summed E-state index contributed by atoms with van der Waals surface area (Å²) in [5.41, 5.74) is 2.74. The summed E-state index contributed by atoms with van der Waals surface area (Å²) < 4.78 is 4.87. The van der Waals surface area contributed by atoms with Gasteiger partial charge >= 0.3 is 5.97 Å². The van der Waals surface area contributed by atoms with E-state index in [1.54, 1.807) is 24.1 Å². The van der Waals surface area contributed by atoms with Gasteiger partial charge < -0.3 is 4.74 Å². The van der Waals surface area contributed by atoms with Gasteiger partial charge in [0.1, 0.15) is 0 Å². The molecule has 0 fully saturated rings. The number of esters is 1. The SMILES string of the molecule is CCOC(=O)/C(=C/SC)N=Cc1cscn1. The van der Waals surface area contributed by atoms with Crippen LogP contribution >= 0.6 is 23.1 Å². The number of nitrogens with zero attached hydrogens (tertiary/aromatic N) is 2. The van der Waals surface area contributed by atoms with Crippen LogP contribution in [0.4, 0.5) is 0 Å². The van der Waals surface area contributed by atoms with Gasteiger partial charge in [0.25, 0.3) is 0 Å². The summed E-state index contributed by atoms with van der Waals surface area (Å²) in [4.78, 5) is 19.6. The van der Waals surface area contributed by atoms with Crippen molar-refractivity contribution >= 4 is 35.3 Å². The zero-order chi connectivity index (χ0) is 11.8. The van der Waals surface area contributed by atoms with Crippen LogP contribution in [0.15, 0.2) is 27.0 Å². The van der Waals surface area contributed by atoms with E-state index in [2.05, 4.69) is 9.98 Å². The van der Waals surface area contributed by atoms with E-state index in [9.17, 15) is 4.79 Å². The molecule has 0 aliphatic heterocycles. The number of aliphatic imine (C=N–C) groups is 1. The predicted molar refractivity (Wildman–Crippen MR) is 67.9 cm³/mol. The van der Waals surface area contributed by atoms with Gasteiger partial charge in [0.15, 0.2) is 5.70 Å².